The molecule has 1 amide bonds. The van der Waals surface area contributed by atoms with Crippen molar-refractivity contribution in [3.05, 3.63) is 47.1 Å². The smallest absolute Gasteiger partial charge is 0.312 e. The Kier molecular flexibility index (Phi) is 6.29. The van der Waals surface area contributed by atoms with Crippen LogP contribution in [0.25, 0.3) is 0 Å². The fraction of sp³-hybridized carbons (Fsp3) is 0.458. The average Bonchev–Trinajstić information content (AvgIpc) is 3.07. The minimum atomic E-state index is -1.96. The molecule has 12 heteroatoms. The highest BCUT2D eigenvalue weighted by Crippen LogP contribution is 2.44. The van der Waals surface area contributed by atoms with Gasteiger partial charge >= 0.3 is 6.48 Å². The average molecular weight is 518 g/mol. The van der Waals surface area contributed by atoms with Crippen molar-refractivity contribution in [2.75, 3.05) is 5.32 Å². The summed E-state index contributed by atoms with van der Waals surface area (Å²) >= 11 is 6.77. The van der Waals surface area contributed by atoms with E-state index in [1.54, 1.807) is 18.2 Å². The number of rotatable bonds is 6. The second-order valence-corrected chi connectivity index (χ2v) is 10.0. The summed E-state index contributed by atoms with van der Waals surface area (Å²) in [6.07, 6.45) is 3.64. The van der Waals surface area contributed by atoms with Gasteiger partial charge in [-0.1, -0.05) is 23.7 Å². The van der Waals surface area contributed by atoms with E-state index in [1.807, 2.05) is 13.0 Å². The van der Waals surface area contributed by atoms with E-state index in [9.17, 15) is 9.90 Å². The van der Waals surface area contributed by atoms with Crippen molar-refractivity contribution >= 4 is 34.8 Å². The Balaban J connectivity index is 1.38. The van der Waals surface area contributed by atoms with E-state index in [-0.39, 0.29) is 36.3 Å². The molecule has 4 atom stereocenters. The largest absolute Gasteiger partial charge is 0.424 e. The van der Waals surface area contributed by atoms with Crippen LogP contribution in [0.4, 0.5) is 11.4 Å². The molecule has 0 radical (unpaired) electrons. The van der Waals surface area contributed by atoms with Crippen LogP contribution in [0.15, 0.2) is 41.5 Å². The van der Waals surface area contributed by atoms with Gasteiger partial charge in [-0.2, -0.15) is 0 Å². The van der Waals surface area contributed by atoms with Crippen LogP contribution in [0.5, 0.6) is 5.88 Å². The number of aromatic nitrogens is 1. The minimum Gasteiger partial charge on any atom is -0.424 e. The summed E-state index contributed by atoms with van der Waals surface area (Å²) in [5, 5.41) is 31.9. The van der Waals surface area contributed by atoms with Gasteiger partial charge in [0.25, 0.3) is 0 Å². The predicted octanol–water partition coefficient (Wildman–Crippen LogP) is 1.92. The summed E-state index contributed by atoms with van der Waals surface area (Å²) < 4.78 is 10.4. The number of aliphatic imine (C=N–C) groups is 1. The minimum absolute atomic E-state index is 0.0441. The van der Waals surface area contributed by atoms with Gasteiger partial charge in [-0.3, -0.25) is 9.69 Å². The molecule has 5 rings (SSSR count). The third-order valence-corrected chi connectivity index (χ3v) is 7.30. The number of guanidine groups is 1. The number of benzene rings is 1. The summed E-state index contributed by atoms with van der Waals surface area (Å²) in [5.74, 6) is -1.25. The maximum Gasteiger partial charge on any atom is 0.312 e. The van der Waals surface area contributed by atoms with E-state index in [0.717, 1.165) is 6.42 Å². The molecule has 3 aliphatic rings. The molecule has 4 heterocycles. The van der Waals surface area contributed by atoms with Crippen molar-refractivity contribution in [3.8, 4) is 5.88 Å². The van der Waals surface area contributed by atoms with Gasteiger partial charge in [0.15, 0.2) is 11.7 Å². The Morgan fingerprint density at radius 1 is 1.33 bits per heavy atom. The van der Waals surface area contributed by atoms with E-state index in [0.29, 0.717) is 41.2 Å². The fourth-order valence-electron chi connectivity index (χ4n) is 5.31. The highest BCUT2D eigenvalue weighted by Gasteiger charge is 2.50. The normalized spacial score (nSPS) is 29.9. The number of amides is 1. The number of carbonyl (C=O) groups excluding carboxylic acids is 1. The van der Waals surface area contributed by atoms with Gasteiger partial charge in [0, 0.05) is 30.5 Å². The number of halogens is 1. The van der Waals surface area contributed by atoms with E-state index < -0.39 is 17.8 Å². The maximum absolute atomic E-state index is 13.4. The Hall–Kier alpha value is -2.96. The van der Waals surface area contributed by atoms with E-state index in [4.69, 9.17) is 42.0 Å². The zero-order valence-corrected chi connectivity index (χ0v) is 20.4. The number of aliphatic hydroxyl groups excluding tert-OH is 1. The Labute approximate surface area is 212 Å². The molecule has 11 nitrogen and oxygen atoms in total. The summed E-state index contributed by atoms with van der Waals surface area (Å²) in [6, 6.07) is 8.23. The molecule has 1 aromatic carbocycles. The van der Waals surface area contributed by atoms with Crippen LogP contribution >= 0.6 is 11.6 Å². The highest BCUT2D eigenvalue weighted by molar-refractivity contribution is 6.34. The Morgan fingerprint density at radius 3 is 2.81 bits per heavy atom. The number of nitrogens with two attached hydrogens (primary N) is 1. The summed E-state index contributed by atoms with van der Waals surface area (Å²) in [4.78, 5) is 23.6. The summed E-state index contributed by atoms with van der Waals surface area (Å²) in [7, 11) is 0. The van der Waals surface area contributed by atoms with Gasteiger partial charge in [0.1, 0.15) is 0 Å². The van der Waals surface area contributed by atoms with Crippen molar-refractivity contribution < 1.29 is 29.6 Å². The maximum atomic E-state index is 13.4. The molecule has 0 spiro atoms. The lowest BCUT2D eigenvalue weighted by atomic mass is 9.86. The van der Waals surface area contributed by atoms with Gasteiger partial charge < -0.3 is 35.8 Å². The summed E-state index contributed by atoms with van der Waals surface area (Å²) in [5.41, 5.74) is 7.14. The lowest BCUT2D eigenvalue weighted by Crippen LogP contribution is -2.57. The van der Waals surface area contributed by atoms with Crippen LogP contribution in [-0.4, -0.2) is 61.5 Å². The van der Waals surface area contributed by atoms with Crippen LogP contribution < -0.4 is 15.8 Å². The number of anilines is 2. The third kappa shape index (κ3) is 4.72. The third-order valence-electron chi connectivity index (χ3n) is 6.89. The molecule has 0 saturated carbocycles. The molecule has 0 unspecified atom stereocenters. The SMILES string of the molecule is C[C@@]1(c2cccc(Nc3ccc(OC(O)O)nc3)c2Cl)CC(=O)N([C@@H]2C[C@H]3CC[C@@](O)(C2)O3)C(N)=N1. The first-order chi connectivity index (χ1) is 17.1. The molecule has 192 valence electrons. The van der Waals surface area contributed by atoms with Crippen LogP contribution in [0.2, 0.25) is 5.02 Å². The van der Waals surface area contributed by atoms with Crippen molar-refractivity contribution in [3.63, 3.8) is 0 Å². The first-order valence-electron chi connectivity index (χ1n) is 11.7. The number of aliphatic hydroxyl groups is 3. The van der Waals surface area contributed by atoms with Crippen LogP contribution in [0.3, 0.4) is 0 Å². The van der Waals surface area contributed by atoms with Gasteiger partial charge in [-0.25, -0.2) is 9.98 Å². The molecule has 6 N–H and O–H groups in total. The fourth-order valence-corrected chi connectivity index (χ4v) is 5.69. The lowest BCUT2D eigenvalue weighted by Gasteiger charge is -2.43. The van der Waals surface area contributed by atoms with Gasteiger partial charge in [0.2, 0.25) is 11.8 Å². The van der Waals surface area contributed by atoms with Crippen LogP contribution in [0.1, 0.15) is 44.6 Å². The van der Waals surface area contributed by atoms with E-state index >= 15 is 0 Å². The molecule has 2 saturated heterocycles. The van der Waals surface area contributed by atoms with Crippen molar-refractivity contribution in [2.45, 2.75) is 69.0 Å². The van der Waals surface area contributed by atoms with Crippen LogP contribution in [-0.2, 0) is 15.1 Å². The number of hydrogen-bond donors (Lipinski definition) is 5. The van der Waals surface area contributed by atoms with Gasteiger partial charge in [-0.15, -0.1) is 0 Å². The number of nitrogens with zero attached hydrogens (tertiary/aromatic N) is 3. The molecule has 3 aliphatic heterocycles. The van der Waals surface area contributed by atoms with Gasteiger partial charge in [0.05, 0.1) is 40.7 Å². The van der Waals surface area contributed by atoms with Crippen molar-refractivity contribution in [1.29, 1.82) is 0 Å². The van der Waals surface area contributed by atoms with Gasteiger partial charge in [-0.05, 0) is 31.9 Å². The van der Waals surface area contributed by atoms with E-state index in [2.05, 4.69) is 10.3 Å². The predicted molar refractivity (Wildman–Crippen MR) is 130 cm³/mol. The summed E-state index contributed by atoms with van der Waals surface area (Å²) in [6.45, 7) is -0.147. The monoisotopic (exact) mass is 517 g/mol. The Bertz CT molecular complexity index is 1190. The lowest BCUT2D eigenvalue weighted by molar-refractivity contribution is -0.225. The number of fused-ring (bicyclic) bond motifs is 2. The Morgan fingerprint density at radius 2 is 2.14 bits per heavy atom. The molecule has 2 bridgehead atoms. The molecule has 2 aromatic rings. The number of nitrogens with one attached hydrogen (secondary N) is 1. The standard InChI is InChI=1S/C24H28ClN5O6/c1-23(11-19(31)30(21(26)29-23)14-9-15-7-8-24(34,10-14)36-15)16-3-2-4-17(20(16)25)28-13-5-6-18(27-12-13)35-22(32)33/h2-6,12,14-15,22,28,32-34H,7-11H2,1H3,(H2,26,29)/t14-,15-,23+,24+/m1/s1. The number of pyridine rings is 1. The zero-order valence-electron chi connectivity index (χ0n) is 19.6. The van der Waals surface area contributed by atoms with Crippen molar-refractivity contribution in [1.82, 2.24) is 9.88 Å². The number of carbonyl (C=O) groups is 1. The van der Waals surface area contributed by atoms with Crippen molar-refractivity contribution in [2.24, 2.45) is 10.7 Å². The molecule has 1 aromatic heterocycles. The molecular formula is C24H28ClN5O6. The first-order valence-corrected chi connectivity index (χ1v) is 12.1. The quantitative estimate of drug-likeness (QED) is 0.360. The highest BCUT2D eigenvalue weighted by atomic mass is 35.5. The van der Waals surface area contributed by atoms with Crippen LogP contribution in [0, 0.1) is 0 Å². The molecule has 2 fully saturated rings. The van der Waals surface area contributed by atoms with E-state index in [1.165, 1.54) is 17.2 Å². The number of hydrogen-bond acceptors (Lipinski definition) is 10. The molecule has 36 heavy (non-hydrogen) atoms. The second-order valence-electron chi connectivity index (χ2n) is 9.62. The molecular weight excluding hydrogens is 490 g/mol. The topological polar surface area (TPSA) is 163 Å². The zero-order chi connectivity index (χ0) is 25.7. The first kappa shape index (κ1) is 24.7. The second kappa shape index (κ2) is 9.16. The number of ether oxygens (including phenoxy) is 2. The molecule has 0 aliphatic carbocycles.